The summed E-state index contributed by atoms with van der Waals surface area (Å²) >= 11 is 1.25. The topological polar surface area (TPSA) is 0 Å². The fourth-order valence-electron chi connectivity index (χ4n) is 0.664. The van der Waals surface area contributed by atoms with Crippen LogP contribution >= 0.6 is 0 Å². The van der Waals surface area contributed by atoms with Gasteiger partial charge in [0, 0.05) is 0 Å². The Bertz CT molecular complexity index is 138. The normalized spacial score (nSPS) is 15.0. The minimum absolute atomic E-state index is 0. The Morgan fingerprint density at radius 1 is 1.44 bits per heavy atom. The molecule has 0 spiro atoms. The molecule has 0 aromatic carbocycles. The van der Waals surface area contributed by atoms with Gasteiger partial charge in [0.25, 0.3) is 0 Å². The summed E-state index contributed by atoms with van der Waals surface area (Å²) in [6.45, 7) is 2.16. The minimum atomic E-state index is 0. The first-order valence-electron chi connectivity index (χ1n) is 2.38. The summed E-state index contributed by atoms with van der Waals surface area (Å²) in [4.78, 5) is 0. The van der Waals surface area contributed by atoms with Gasteiger partial charge in [-0.1, -0.05) is 0 Å². The van der Waals surface area contributed by atoms with Gasteiger partial charge in [0.05, 0.1) is 0 Å². The van der Waals surface area contributed by atoms with Crippen molar-refractivity contribution in [2.24, 2.45) is 0 Å². The van der Waals surface area contributed by atoms with Crippen LogP contribution in [0.5, 0.6) is 0 Å². The quantitative estimate of drug-likeness (QED) is 0.396. The van der Waals surface area contributed by atoms with E-state index >= 15 is 0 Å². The van der Waals surface area contributed by atoms with E-state index in [0.29, 0.717) is 0 Å². The summed E-state index contributed by atoms with van der Waals surface area (Å²) in [5, 5.41) is 0. The van der Waals surface area contributed by atoms with E-state index in [1.54, 1.807) is 3.33 Å². The maximum atomic E-state index is 2.28. The van der Waals surface area contributed by atoms with Crippen LogP contribution in [0.15, 0.2) is 21.1 Å². The van der Waals surface area contributed by atoms with Gasteiger partial charge in [0.15, 0.2) is 0 Å². The van der Waals surface area contributed by atoms with Crippen molar-refractivity contribution >= 4 is 0 Å². The summed E-state index contributed by atoms with van der Waals surface area (Å²) in [5.74, 6) is 0. The summed E-state index contributed by atoms with van der Waals surface area (Å²) in [7, 11) is 0. The van der Waals surface area contributed by atoms with Crippen molar-refractivity contribution in [3.63, 3.8) is 0 Å². The van der Waals surface area contributed by atoms with E-state index in [1.165, 1.54) is 36.4 Å². The number of hydrogen-bond acceptors (Lipinski definition) is 0. The summed E-state index contributed by atoms with van der Waals surface area (Å²) in [6.07, 6.45) is 5.80. The van der Waals surface area contributed by atoms with Gasteiger partial charge in [-0.05, 0) is 0 Å². The van der Waals surface area contributed by atoms with E-state index in [1.807, 2.05) is 0 Å². The van der Waals surface area contributed by atoms with E-state index in [-0.39, 0.29) is 24.8 Å². The second-order valence-electron chi connectivity index (χ2n) is 1.82. The monoisotopic (exact) mass is 329 g/mol. The third kappa shape index (κ3) is 4.35. The third-order valence-electron chi connectivity index (χ3n) is 1.05. The van der Waals surface area contributed by atoms with Crippen LogP contribution in [0.1, 0.15) is 13.3 Å². The summed E-state index contributed by atoms with van der Waals surface area (Å²) in [6, 6.07) is 0. The Labute approximate surface area is 83.2 Å². The predicted molar refractivity (Wildman–Crippen MR) is 26.5 cm³/mol. The van der Waals surface area contributed by atoms with Crippen molar-refractivity contribution in [2.45, 2.75) is 13.3 Å². The van der Waals surface area contributed by atoms with Crippen LogP contribution in [0, 0.1) is 0 Å². The molecule has 1 aliphatic carbocycles. The van der Waals surface area contributed by atoms with Crippen molar-refractivity contribution in [3.05, 3.63) is 21.1 Å². The third-order valence-corrected chi connectivity index (χ3v) is 2.30. The van der Waals surface area contributed by atoms with Crippen LogP contribution < -0.4 is 24.8 Å². The zero-order chi connectivity index (χ0) is 5.28. The van der Waals surface area contributed by atoms with Crippen LogP contribution in [0.2, 0.25) is 0 Å². The number of halogens is 2. The molecule has 0 aliphatic heterocycles. The Morgan fingerprint density at radius 2 is 2.00 bits per heavy atom. The number of hydrogen-bond donors (Lipinski definition) is 0. The molecule has 0 radical (unpaired) electrons. The van der Waals surface area contributed by atoms with E-state index < -0.39 is 0 Å². The van der Waals surface area contributed by atoms with E-state index in [0.717, 1.165) is 0 Å². The molecule has 0 atom stereocenters. The predicted octanol–water partition coefficient (Wildman–Crippen LogP) is -4.22. The Morgan fingerprint density at radius 3 is 2.11 bits per heavy atom. The van der Waals surface area contributed by atoms with Gasteiger partial charge in [-0.25, -0.2) is 0 Å². The van der Waals surface area contributed by atoms with Gasteiger partial charge in [-0.2, -0.15) is 0 Å². The molecule has 0 nitrogen and oxygen atoms in total. The molecule has 49 valence electrons. The molecule has 0 fully saturated rings. The zero-order valence-corrected chi connectivity index (χ0v) is 10.2. The van der Waals surface area contributed by atoms with Gasteiger partial charge in [-0.3, -0.25) is 0 Å². The van der Waals surface area contributed by atoms with Gasteiger partial charge in [-0.15, -0.1) is 0 Å². The van der Waals surface area contributed by atoms with Gasteiger partial charge < -0.3 is 24.8 Å². The second kappa shape index (κ2) is 5.70. The van der Waals surface area contributed by atoms with Crippen molar-refractivity contribution < 1.29 is 49.2 Å². The smallest absolute Gasteiger partial charge is 1.00 e. The average molecular weight is 329 g/mol. The molecule has 0 unspecified atom stereocenters. The fourth-order valence-corrected chi connectivity index (χ4v) is 1.85. The Balaban J connectivity index is 0. The molecule has 9 heavy (non-hydrogen) atoms. The average Bonchev–Trinajstić information content (AvgIpc) is 1.87. The van der Waals surface area contributed by atoms with Gasteiger partial charge in [0.2, 0.25) is 0 Å². The summed E-state index contributed by atoms with van der Waals surface area (Å²) in [5.41, 5.74) is 1.45. The second-order valence-corrected chi connectivity index (χ2v) is 4.13. The minimum Gasteiger partial charge on any atom is -1.00 e. The molecule has 0 saturated heterocycles. The molecule has 0 bridgehead atoms. The molecule has 3 heteroatoms. The Hall–Kier alpha value is 0.930. The maximum Gasteiger partial charge on any atom is -1.00 e. The zero-order valence-electron chi connectivity index (χ0n) is 5.12. The van der Waals surface area contributed by atoms with Crippen LogP contribution in [0.3, 0.4) is 0 Å². The van der Waals surface area contributed by atoms with Crippen molar-refractivity contribution in [1.82, 2.24) is 0 Å². The molecule has 0 aromatic heterocycles. The maximum absolute atomic E-state index is 2.28. The van der Waals surface area contributed by atoms with Crippen LogP contribution in [-0.4, -0.2) is 0 Å². The van der Waals surface area contributed by atoms with Crippen LogP contribution in [0.4, 0.5) is 0 Å². The first kappa shape index (κ1) is 12.6. The largest absolute Gasteiger partial charge is 1.00 e. The standard InChI is InChI=1S/C6H7.2ClH.Hf/c1-6-4-2-3-5-6;;;/h4-5H,2H2,1H3;2*1H;/q;;;+2/p-2. The SMILES string of the molecule is CC1=CC[C]([Hf+2])=C1.[Cl-].[Cl-]. The molecule has 0 N–H and O–H groups in total. The van der Waals surface area contributed by atoms with Crippen molar-refractivity contribution in [2.75, 3.05) is 0 Å². The van der Waals surface area contributed by atoms with Crippen molar-refractivity contribution in [1.29, 1.82) is 0 Å². The first-order chi connectivity index (χ1) is 3.29. The molecular weight excluding hydrogens is 321 g/mol. The van der Waals surface area contributed by atoms with E-state index in [4.69, 9.17) is 0 Å². The van der Waals surface area contributed by atoms with Gasteiger partial charge >= 0.3 is 58.8 Å². The van der Waals surface area contributed by atoms with E-state index in [9.17, 15) is 0 Å². The Kier molecular flexibility index (Phi) is 7.97. The molecule has 1 rings (SSSR count). The fraction of sp³-hybridized carbons (Fsp3) is 0.333. The van der Waals surface area contributed by atoms with Crippen molar-refractivity contribution in [3.8, 4) is 0 Å². The molecular formula is C6H7Cl2Hf. The van der Waals surface area contributed by atoms with Gasteiger partial charge in [0.1, 0.15) is 0 Å². The number of rotatable bonds is 0. The number of allylic oxidation sites excluding steroid dienone is 4. The van der Waals surface area contributed by atoms with Crippen LogP contribution in [-0.2, 0) is 24.4 Å². The molecule has 0 amide bonds. The van der Waals surface area contributed by atoms with E-state index in [2.05, 4.69) is 19.1 Å². The molecule has 1 aliphatic rings. The summed E-state index contributed by atoms with van der Waals surface area (Å²) < 4.78 is 1.62. The van der Waals surface area contributed by atoms with Crippen LogP contribution in [0.25, 0.3) is 0 Å². The first-order valence-corrected chi connectivity index (χ1v) is 4.17. The molecule has 0 saturated carbocycles. The molecule has 0 aromatic rings. The molecule has 0 heterocycles.